The number of primary amides is 1. The number of para-hydroxylation sites is 1. The summed E-state index contributed by atoms with van der Waals surface area (Å²) in [6, 6.07) is 12.5. The number of hydrogen-bond donors (Lipinski definition) is 2. The maximum Gasteiger partial charge on any atom is 0.262 e. The molecule has 0 aliphatic carbocycles. The van der Waals surface area contributed by atoms with Crippen LogP contribution in [0, 0.1) is 0 Å². The van der Waals surface area contributed by atoms with Crippen molar-refractivity contribution in [2.24, 2.45) is 5.73 Å². The molecule has 0 bridgehead atoms. The van der Waals surface area contributed by atoms with Gasteiger partial charge in [-0.1, -0.05) is 45.9 Å². The van der Waals surface area contributed by atoms with E-state index in [2.05, 4.69) is 33.0 Å². The van der Waals surface area contributed by atoms with Crippen molar-refractivity contribution in [2.75, 3.05) is 11.9 Å². The highest BCUT2D eigenvalue weighted by Crippen LogP contribution is 2.32. The first-order chi connectivity index (χ1) is 12.3. The monoisotopic (exact) mass is 354 g/mol. The molecule has 0 heterocycles. The van der Waals surface area contributed by atoms with E-state index in [1.54, 1.807) is 24.3 Å². The Morgan fingerprint density at radius 2 is 1.50 bits per heavy atom. The van der Waals surface area contributed by atoms with Crippen molar-refractivity contribution in [3.8, 4) is 5.75 Å². The molecule has 5 nitrogen and oxygen atoms in total. The van der Waals surface area contributed by atoms with E-state index >= 15 is 0 Å². The van der Waals surface area contributed by atoms with Crippen LogP contribution in [-0.4, -0.2) is 18.4 Å². The van der Waals surface area contributed by atoms with Crippen LogP contribution in [0.25, 0.3) is 0 Å². The molecular formula is C21H26N2O3. The molecule has 0 aromatic heterocycles. The smallest absolute Gasteiger partial charge is 0.262 e. The molecule has 26 heavy (non-hydrogen) atoms. The highest BCUT2D eigenvalue weighted by atomic mass is 16.5. The molecule has 0 saturated carbocycles. The lowest BCUT2D eigenvalue weighted by atomic mass is 9.92. The second-order valence-electron chi connectivity index (χ2n) is 6.85. The molecule has 3 N–H and O–H groups in total. The first kappa shape index (κ1) is 19.5. The van der Waals surface area contributed by atoms with Crippen LogP contribution in [0.2, 0.25) is 0 Å². The Bertz CT molecular complexity index is 754. The third kappa shape index (κ3) is 4.85. The number of benzene rings is 2. The fourth-order valence-electron chi connectivity index (χ4n) is 2.74. The van der Waals surface area contributed by atoms with E-state index in [1.165, 1.54) is 0 Å². The molecule has 0 aliphatic heterocycles. The van der Waals surface area contributed by atoms with Gasteiger partial charge in [-0.15, -0.1) is 0 Å². The third-order valence-electron chi connectivity index (χ3n) is 4.15. The fraction of sp³-hybridized carbons (Fsp3) is 0.333. The molecule has 2 aromatic carbocycles. The van der Waals surface area contributed by atoms with Crippen molar-refractivity contribution >= 4 is 17.5 Å². The van der Waals surface area contributed by atoms with Crippen LogP contribution in [0.1, 0.15) is 61.0 Å². The van der Waals surface area contributed by atoms with Crippen LogP contribution in [0.4, 0.5) is 5.69 Å². The molecule has 0 spiro atoms. The van der Waals surface area contributed by atoms with Gasteiger partial charge in [-0.25, -0.2) is 0 Å². The molecule has 0 unspecified atom stereocenters. The quantitative estimate of drug-likeness (QED) is 0.787. The summed E-state index contributed by atoms with van der Waals surface area (Å²) < 4.78 is 5.51. The highest BCUT2D eigenvalue weighted by Gasteiger charge is 2.16. The van der Waals surface area contributed by atoms with Gasteiger partial charge < -0.3 is 15.8 Å². The van der Waals surface area contributed by atoms with E-state index < -0.39 is 5.91 Å². The maximum atomic E-state index is 12.4. The van der Waals surface area contributed by atoms with E-state index in [4.69, 9.17) is 10.5 Å². The van der Waals surface area contributed by atoms with Gasteiger partial charge in [0.1, 0.15) is 5.75 Å². The average Bonchev–Trinajstić information content (AvgIpc) is 2.60. The number of hydrogen-bond acceptors (Lipinski definition) is 3. The van der Waals surface area contributed by atoms with Crippen LogP contribution >= 0.6 is 0 Å². The van der Waals surface area contributed by atoms with Gasteiger partial charge in [0.15, 0.2) is 6.61 Å². The zero-order valence-electron chi connectivity index (χ0n) is 15.7. The Morgan fingerprint density at radius 1 is 0.962 bits per heavy atom. The van der Waals surface area contributed by atoms with Gasteiger partial charge >= 0.3 is 0 Å². The number of nitrogens with two attached hydrogens (primary N) is 1. The van der Waals surface area contributed by atoms with Crippen LogP contribution in [-0.2, 0) is 4.79 Å². The Labute approximate surface area is 154 Å². The van der Waals surface area contributed by atoms with E-state index in [0.29, 0.717) is 23.1 Å². The minimum Gasteiger partial charge on any atom is -0.484 e. The minimum atomic E-state index is -0.499. The average molecular weight is 354 g/mol. The lowest BCUT2D eigenvalue weighted by molar-refractivity contribution is -0.118. The maximum absolute atomic E-state index is 12.4. The normalized spacial score (nSPS) is 10.8. The number of nitrogens with one attached hydrogen (secondary N) is 1. The summed E-state index contributed by atoms with van der Waals surface area (Å²) in [5.41, 5.74) is 8.69. The molecule has 0 radical (unpaired) electrons. The van der Waals surface area contributed by atoms with Gasteiger partial charge in [-0.2, -0.15) is 0 Å². The zero-order valence-corrected chi connectivity index (χ0v) is 15.7. The zero-order chi connectivity index (χ0) is 19.3. The van der Waals surface area contributed by atoms with Crippen molar-refractivity contribution in [3.63, 3.8) is 0 Å². The number of anilines is 1. The first-order valence-corrected chi connectivity index (χ1v) is 8.75. The van der Waals surface area contributed by atoms with Gasteiger partial charge in [-0.3, -0.25) is 9.59 Å². The molecule has 0 aliphatic rings. The van der Waals surface area contributed by atoms with Crippen molar-refractivity contribution in [1.29, 1.82) is 0 Å². The summed E-state index contributed by atoms with van der Waals surface area (Å²) in [5, 5.41) is 3.00. The summed E-state index contributed by atoms with van der Waals surface area (Å²) in [4.78, 5) is 23.5. The van der Waals surface area contributed by atoms with Crippen LogP contribution < -0.4 is 15.8 Å². The molecule has 2 rings (SSSR count). The van der Waals surface area contributed by atoms with Crippen LogP contribution in [0.3, 0.4) is 0 Å². The number of carbonyl (C=O) groups excluding carboxylic acids is 2. The number of amides is 2. The molecular weight excluding hydrogens is 328 g/mol. The predicted octanol–water partition coefficient (Wildman–Crippen LogP) is 4.05. The molecule has 0 atom stereocenters. The van der Waals surface area contributed by atoms with Gasteiger partial charge in [-0.05, 0) is 47.2 Å². The fourth-order valence-corrected chi connectivity index (χ4v) is 2.74. The van der Waals surface area contributed by atoms with Crippen molar-refractivity contribution in [3.05, 3.63) is 59.2 Å². The molecule has 2 aromatic rings. The van der Waals surface area contributed by atoms with Gasteiger partial charge in [0.05, 0.1) is 0 Å². The predicted molar refractivity (Wildman–Crippen MR) is 104 cm³/mol. The van der Waals surface area contributed by atoms with E-state index in [-0.39, 0.29) is 12.5 Å². The molecule has 5 heteroatoms. The van der Waals surface area contributed by atoms with Crippen LogP contribution in [0.15, 0.2) is 42.5 Å². The largest absolute Gasteiger partial charge is 0.484 e. The topological polar surface area (TPSA) is 81.4 Å². The van der Waals surface area contributed by atoms with Gasteiger partial charge in [0.2, 0.25) is 5.91 Å². The van der Waals surface area contributed by atoms with Crippen molar-refractivity contribution in [2.45, 2.75) is 39.5 Å². The van der Waals surface area contributed by atoms with E-state index in [0.717, 1.165) is 16.8 Å². The Balaban J connectivity index is 2.09. The summed E-state index contributed by atoms with van der Waals surface area (Å²) in [6.07, 6.45) is 0. The molecule has 138 valence electrons. The Hall–Kier alpha value is -2.82. The summed E-state index contributed by atoms with van der Waals surface area (Å²) in [7, 11) is 0. The molecule has 2 amide bonds. The molecule has 0 saturated heterocycles. The molecule has 0 fully saturated rings. The van der Waals surface area contributed by atoms with E-state index in [9.17, 15) is 9.59 Å². The van der Waals surface area contributed by atoms with E-state index in [1.807, 2.05) is 18.2 Å². The first-order valence-electron chi connectivity index (χ1n) is 8.75. The number of rotatable bonds is 7. The van der Waals surface area contributed by atoms with Gasteiger partial charge in [0.25, 0.3) is 5.91 Å². The SMILES string of the molecule is CC(C)c1cccc(C(C)C)c1NC(=O)COc1ccc(C(N)=O)cc1. The highest BCUT2D eigenvalue weighted by molar-refractivity contribution is 5.94. The van der Waals surface area contributed by atoms with Crippen molar-refractivity contribution < 1.29 is 14.3 Å². The standard InChI is InChI=1S/C21H26N2O3/c1-13(2)17-6-5-7-18(14(3)4)20(17)23-19(24)12-26-16-10-8-15(9-11-16)21(22)25/h5-11,13-14H,12H2,1-4H3,(H2,22,25)(H,23,24). The Morgan fingerprint density at radius 3 is 1.96 bits per heavy atom. The number of carbonyl (C=O) groups is 2. The summed E-state index contributed by atoms with van der Waals surface area (Å²) in [6.45, 7) is 8.30. The third-order valence-corrected chi connectivity index (χ3v) is 4.15. The Kier molecular flexibility index (Phi) is 6.39. The summed E-state index contributed by atoms with van der Waals surface area (Å²) >= 11 is 0. The minimum absolute atomic E-state index is 0.111. The number of ether oxygens (including phenoxy) is 1. The summed E-state index contributed by atoms with van der Waals surface area (Å²) in [5.74, 6) is 0.378. The second-order valence-corrected chi connectivity index (χ2v) is 6.85. The second kappa shape index (κ2) is 8.52. The lowest BCUT2D eigenvalue weighted by Gasteiger charge is -2.20. The van der Waals surface area contributed by atoms with Gasteiger partial charge in [0, 0.05) is 11.3 Å². The van der Waals surface area contributed by atoms with Crippen LogP contribution in [0.5, 0.6) is 5.75 Å². The lowest BCUT2D eigenvalue weighted by Crippen LogP contribution is -2.22. The van der Waals surface area contributed by atoms with Crippen molar-refractivity contribution in [1.82, 2.24) is 0 Å².